The molecule has 0 aromatic heterocycles. The smallest absolute Gasteiger partial charge is 0.296 e. The number of rotatable bonds is 10. The second kappa shape index (κ2) is 14.4. The van der Waals surface area contributed by atoms with Gasteiger partial charge in [-0.2, -0.15) is 25.3 Å². The highest BCUT2D eigenvalue weighted by atomic mass is 35.5. The second-order valence-electron chi connectivity index (χ2n) is 11.4. The third kappa shape index (κ3) is 8.47. The predicted molar refractivity (Wildman–Crippen MR) is 193 cm³/mol. The van der Waals surface area contributed by atoms with E-state index in [9.17, 15) is 38.9 Å². The Morgan fingerprint density at radius 2 is 1.50 bits per heavy atom. The monoisotopic (exact) mass is 754 g/mol. The van der Waals surface area contributed by atoms with Crippen molar-refractivity contribution >= 4 is 58.9 Å². The first-order valence-corrected chi connectivity index (χ1v) is 19.6. The number of halogens is 1. The first-order chi connectivity index (χ1) is 23.4. The molecular weight excluding hydrogens is 724 g/mol. The lowest BCUT2D eigenvalue weighted by atomic mass is 9.88. The third-order valence-corrected chi connectivity index (χ3v) is 11.1. The summed E-state index contributed by atoms with van der Waals surface area (Å²) in [5.41, 5.74) is 5.10. The summed E-state index contributed by atoms with van der Waals surface area (Å²) >= 11 is 6.63. The van der Waals surface area contributed by atoms with Crippen molar-refractivity contribution in [2.75, 3.05) is 5.32 Å². The minimum absolute atomic E-state index is 0.115. The Balaban J connectivity index is 1.59. The maximum atomic E-state index is 12.3. The van der Waals surface area contributed by atoms with E-state index in [1.165, 1.54) is 30.3 Å². The first-order valence-electron chi connectivity index (χ1n) is 14.8. The van der Waals surface area contributed by atoms with Gasteiger partial charge in [0.2, 0.25) is 0 Å². The molecule has 260 valence electrons. The van der Waals surface area contributed by atoms with Crippen molar-refractivity contribution in [3.63, 3.8) is 0 Å². The molecule has 0 saturated carbocycles. The van der Waals surface area contributed by atoms with Crippen LogP contribution in [0.3, 0.4) is 0 Å². The molecule has 0 radical (unpaired) electrons. The molecule has 5 rings (SSSR count). The summed E-state index contributed by atoms with van der Waals surface area (Å²) in [5.74, 6) is 0. The van der Waals surface area contributed by atoms with Gasteiger partial charge in [0, 0.05) is 11.3 Å². The maximum Gasteiger partial charge on any atom is 0.296 e. The molecule has 1 unspecified atom stereocenters. The van der Waals surface area contributed by atoms with Gasteiger partial charge in [0.1, 0.15) is 4.90 Å². The van der Waals surface area contributed by atoms with Gasteiger partial charge in [-0.3, -0.25) is 18.7 Å². The highest BCUT2D eigenvalue weighted by molar-refractivity contribution is 7.86. The van der Waals surface area contributed by atoms with Crippen LogP contribution in [-0.2, 0) is 36.9 Å². The van der Waals surface area contributed by atoms with Gasteiger partial charge in [-0.15, -0.1) is 0 Å². The molecule has 0 amide bonds. The molecule has 0 fully saturated rings. The quantitative estimate of drug-likeness (QED) is 0.122. The summed E-state index contributed by atoms with van der Waals surface area (Å²) in [6, 6.07) is 23.2. The Kier molecular flexibility index (Phi) is 10.6. The van der Waals surface area contributed by atoms with Gasteiger partial charge in [-0.25, -0.2) is 0 Å². The van der Waals surface area contributed by atoms with Crippen molar-refractivity contribution in [3.8, 4) is 0 Å². The molecule has 1 atom stereocenters. The third-order valence-electron chi connectivity index (χ3n) is 7.83. The fourth-order valence-electron chi connectivity index (χ4n) is 5.43. The van der Waals surface area contributed by atoms with Gasteiger partial charge in [0.25, 0.3) is 30.4 Å². The van der Waals surface area contributed by atoms with Gasteiger partial charge in [0.15, 0.2) is 5.37 Å². The van der Waals surface area contributed by atoms with Crippen molar-refractivity contribution in [3.05, 3.63) is 153 Å². The number of hydrogen-bond acceptors (Lipinski definition) is 8. The molecule has 15 heteroatoms. The lowest BCUT2D eigenvalue weighted by molar-refractivity contribution is 0.472. The Morgan fingerprint density at radius 3 is 2.12 bits per heavy atom. The Labute approximate surface area is 295 Å². The van der Waals surface area contributed by atoms with E-state index < -0.39 is 40.6 Å². The van der Waals surface area contributed by atoms with Crippen LogP contribution >= 0.6 is 11.6 Å². The van der Waals surface area contributed by atoms with Gasteiger partial charge in [0.05, 0.1) is 22.2 Å². The largest absolute Gasteiger partial charge is 0.363 e. The van der Waals surface area contributed by atoms with Gasteiger partial charge in [-0.1, -0.05) is 78.3 Å². The number of benzene rings is 4. The Bertz CT molecular complexity index is 2440. The van der Waals surface area contributed by atoms with Gasteiger partial charge < -0.3 is 5.32 Å². The number of nitrogens with one attached hydrogen (secondary N) is 1. The summed E-state index contributed by atoms with van der Waals surface area (Å²) < 4.78 is 101. The normalized spacial score (nSPS) is 16.2. The number of aliphatic imine (C=N–C) groups is 1. The zero-order chi connectivity index (χ0) is 36.4. The molecule has 1 aliphatic rings. The molecule has 11 nitrogen and oxygen atoms in total. The zero-order valence-electron chi connectivity index (χ0n) is 26.5. The van der Waals surface area contributed by atoms with E-state index in [-0.39, 0.29) is 22.0 Å². The minimum atomic E-state index is -4.69. The van der Waals surface area contributed by atoms with Crippen molar-refractivity contribution in [1.29, 1.82) is 0 Å². The number of hydrogen-bond donors (Lipinski definition) is 4. The van der Waals surface area contributed by atoms with Crippen LogP contribution < -0.4 is 5.32 Å². The van der Waals surface area contributed by atoms with Crippen molar-refractivity contribution < 1.29 is 38.9 Å². The van der Waals surface area contributed by atoms with E-state index in [2.05, 4.69) is 10.3 Å². The number of aryl methyl sites for hydroxylation is 1. The van der Waals surface area contributed by atoms with Crippen molar-refractivity contribution in [2.45, 2.75) is 35.6 Å². The van der Waals surface area contributed by atoms with Crippen LogP contribution in [0.5, 0.6) is 0 Å². The van der Waals surface area contributed by atoms with E-state index in [1.54, 1.807) is 79.7 Å². The number of allylic oxidation sites excluding steroid dienone is 5. The lowest BCUT2D eigenvalue weighted by Gasteiger charge is -2.21. The van der Waals surface area contributed by atoms with Crippen molar-refractivity contribution in [2.24, 2.45) is 4.99 Å². The van der Waals surface area contributed by atoms with Gasteiger partial charge >= 0.3 is 0 Å². The van der Waals surface area contributed by atoms with Crippen LogP contribution in [0.15, 0.2) is 135 Å². The summed E-state index contributed by atoms with van der Waals surface area (Å²) in [7, 11) is -13.6. The minimum Gasteiger partial charge on any atom is -0.363 e. The average molecular weight is 755 g/mol. The molecule has 0 heterocycles. The van der Waals surface area contributed by atoms with E-state index >= 15 is 0 Å². The molecule has 0 bridgehead atoms. The summed E-state index contributed by atoms with van der Waals surface area (Å²) in [6.45, 7) is 3.65. The summed E-state index contributed by atoms with van der Waals surface area (Å²) in [6.07, 6.45) is 5.29. The molecule has 0 spiro atoms. The van der Waals surface area contributed by atoms with Crippen LogP contribution in [0.4, 0.5) is 5.69 Å². The molecule has 4 N–H and O–H groups in total. The van der Waals surface area contributed by atoms with Crippen LogP contribution in [-0.4, -0.2) is 44.6 Å². The Hall–Kier alpha value is -4.41. The first kappa shape index (κ1) is 36.9. The summed E-state index contributed by atoms with van der Waals surface area (Å²) in [4.78, 5) is 3.87. The fourth-order valence-corrected chi connectivity index (χ4v) is 7.86. The number of anilines is 1. The van der Waals surface area contributed by atoms with Gasteiger partial charge in [-0.05, 0) is 95.3 Å². The zero-order valence-corrected chi connectivity index (χ0v) is 29.7. The molecule has 0 aliphatic heterocycles. The maximum absolute atomic E-state index is 12.3. The van der Waals surface area contributed by atoms with Crippen molar-refractivity contribution in [1.82, 2.24) is 0 Å². The van der Waals surface area contributed by atoms with Crippen LogP contribution in [0.25, 0.3) is 5.57 Å². The molecule has 0 saturated heterocycles. The predicted octanol–water partition coefficient (Wildman–Crippen LogP) is 7.10. The van der Waals surface area contributed by atoms with Crippen LogP contribution in [0, 0.1) is 6.92 Å². The van der Waals surface area contributed by atoms with E-state index in [0.29, 0.717) is 50.4 Å². The summed E-state index contributed by atoms with van der Waals surface area (Å²) in [5, 5.41) is 1.23. The standard InChI is InChI=1S/C35H31ClN2O9S3/c1-22-18-26(14-16-30(22)37-21-24-8-6-11-28(20-24)48(39,40)41)33(29-12-7-13-32(34(29)36)49(42,43)44)27-15-17-31(23(2)19-27)38-35(50(45,46)47)25-9-4-3-5-10-25/h3-20,35,38H,21H2,1-2H3,(H,39,40,41)(H,42,43,44)(H,45,46,47)/b33-26-,37-30?. The van der Waals surface area contributed by atoms with Crippen LogP contribution in [0.1, 0.15) is 40.1 Å². The SMILES string of the molecule is CC1=C/C(=C(/c2ccc(NC(c3ccccc3)S(=O)(=O)O)c(C)c2)c2cccc(S(=O)(=O)O)c2Cl)C=CC1=NCc1cccc(S(=O)(=O)O)c1. The van der Waals surface area contributed by atoms with Crippen LogP contribution in [0.2, 0.25) is 5.02 Å². The average Bonchev–Trinajstić information content (AvgIpc) is 3.04. The number of nitrogens with zero attached hydrogens (tertiary/aromatic N) is 1. The highest BCUT2D eigenvalue weighted by Gasteiger charge is 2.26. The molecule has 4 aromatic rings. The molecule has 50 heavy (non-hydrogen) atoms. The lowest BCUT2D eigenvalue weighted by Crippen LogP contribution is -2.21. The van der Waals surface area contributed by atoms with E-state index in [4.69, 9.17) is 11.6 Å². The fraction of sp³-hybridized carbons (Fsp3) is 0.114. The highest BCUT2D eigenvalue weighted by Crippen LogP contribution is 2.39. The molecule has 1 aliphatic carbocycles. The Morgan fingerprint density at radius 1 is 0.800 bits per heavy atom. The second-order valence-corrected chi connectivity index (χ2v) is 16.1. The topological polar surface area (TPSA) is 187 Å². The molecular formula is C35H31ClN2O9S3. The molecule has 4 aromatic carbocycles. The van der Waals surface area contributed by atoms with E-state index in [0.717, 1.165) is 0 Å². The van der Waals surface area contributed by atoms with E-state index in [1.807, 2.05) is 13.0 Å².